The summed E-state index contributed by atoms with van der Waals surface area (Å²) in [6.45, 7) is 0. The van der Waals surface area contributed by atoms with Crippen LogP contribution < -0.4 is 18.9 Å². The third-order valence-electron chi connectivity index (χ3n) is 3.11. The van der Waals surface area contributed by atoms with Crippen molar-refractivity contribution in [1.82, 2.24) is 0 Å². The molecule has 0 unspecified atom stereocenters. The molecule has 7 nitrogen and oxygen atoms in total. The third kappa shape index (κ3) is 1.97. The second-order valence-corrected chi connectivity index (χ2v) is 4.11. The summed E-state index contributed by atoms with van der Waals surface area (Å²) >= 11 is 0. The highest BCUT2D eigenvalue weighted by Crippen LogP contribution is 2.52. The summed E-state index contributed by atoms with van der Waals surface area (Å²) in [5.41, 5.74) is -0.0754. The van der Waals surface area contributed by atoms with Gasteiger partial charge in [0.2, 0.25) is 23.1 Å². The number of methoxy groups -OCH3 is 4. The summed E-state index contributed by atoms with van der Waals surface area (Å²) in [4.78, 5) is 23.8. The molecule has 1 aromatic rings. The summed E-state index contributed by atoms with van der Waals surface area (Å²) in [7, 11) is 5.40. The molecule has 0 saturated carbocycles. The monoisotopic (exact) mass is 294 g/mol. The van der Waals surface area contributed by atoms with Crippen molar-refractivity contribution in [2.75, 3.05) is 28.4 Å². The minimum Gasteiger partial charge on any atom is -0.507 e. The standard InChI is InChI=1S/C14H14O7/c1-18-11-8-6(15)5-7(16)10(17)9(8)12(19-2)14(21-4)13(11)20-3/h5,15H,1-4H3. The lowest BCUT2D eigenvalue weighted by molar-refractivity contribution is -0.111. The van der Waals surface area contributed by atoms with Crippen LogP contribution in [0, 0.1) is 0 Å². The molecule has 0 fully saturated rings. The van der Waals surface area contributed by atoms with E-state index in [9.17, 15) is 14.7 Å². The minimum atomic E-state index is -0.854. The normalized spacial score (nSPS) is 13.4. The second kappa shape index (κ2) is 5.35. The number of hydrogen-bond acceptors (Lipinski definition) is 7. The molecule has 0 aromatic heterocycles. The molecule has 0 radical (unpaired) electrons. The Morgan fingerprint density at radius 3 is 1.62 bits per heavy atom. The fourth-order valence-electron chi connectivity index (χ4n) is 2.27. The van der Waals surface area contributed by atoms with Crippen LogP contribution in [0.2, 0.25) is 0 Å². The molecule has 112 valence electrons. The maximum atomic E-state index is 12.1. The van der Waals surface area contributed by atoms with Crippen LogP contribution >= 0.6 is 0 Å². The molecular weight excluding hydrogens is 280 g/mol. The average Bonchev–Trinajstić information content (AvgIpc) is 2.49. The van der Waals surface area contributed by atoms with Crippen LogP contribution in [-0.2, 0) is 4.79 Å². The summed E-state index contributed by atoms with van der Waals surface area (Å²) < 4.78 is 20.8. The number of benzene rings is 1. The molecule has 21 heavy (non-hydrogen) atoms. The van der Waals surface area contributed by atoms with Crippen molar-refractivity contribution in [2.45, 2.75) is 0 Å². The minimum absolute atomic E-state index is 0.00292. The predicted molar refractivity (Wildman–Crippen MR) is 72.6 cm³/mol. The highest BCUT2D eigenvalue weighted by molar-refractivity contribution is 6.51. The number of ether oxygens (including phenoxy) is 4. The van der Waals surface area contributed by atoms with E-state index in [0.29, 0.717) is 0 Å². The van der Waals surface area contributed by atoms with E-state index in [4.69, 9.17) is 18.9 Å². The van der Waals surface area contributed by atoms with Crippen LogP contribution in [0.3, 0.4) is 0 Å². The first-order valence-corrected chi connectivity index (χ1v) is 5.91. The Labute approximate surface area is 120 Å². The molecule has 1 N–H and O–H groups in total. The molecule has 0 bridgehead atoms. The van der Waals surface area contributed by atoms with E-state index in [1.54, 1.807) is 0 Å². The van der Waals surface area contributed by atoms with Gasteiger partial charge >= 0.3 is 0 Å². The van der Waals surface area contributed by atoms with Gasteiger partial charge < -0.3 is 24.1 Å². The number of carbonyl (C=O) groups is 2. The molecule has 1 aromatic carbocycles. The first-order chi connectivity index (χ1) is 10.0. The third-order valence-corrected chi connectivity index (χ3v) is 3.11. The van der Waals surface area contributed by atoms with Crippen molar-refractivity contribution < 1.29 is 33.6 Å². The van der Waals surface area contributed by atoms with E-state index in [-0.39, 0.29) is 34.1 Å². The Morgan fingerprint density at radius 1 is 0.762 bits per heavy atom. The lowest BCUT2D eigenvalue weighted by atomic mass is 9.91. The maximum Gasteiger partial charge on any atom is 0.237 e. The van der Waals surface area contributed by atoms with Gasteiger partial charge in [0, 0.05) is 6.08 Å². The smallest absolute Gasteiger partial charge is 0.237 e. The highest BCUT2D eigenvalue weighted by atomic mass is 16.5. The zero-order chi connectivity index (χ0) is 15.7. The van der Waals surface area contributed by atoms with E-state index >= 15 is 0 Å². The number of carbonyl (C=O) groups excluding carboxylic acids is 2. The first kappa shape index (κ1) is 14.7. The largest absolute Gasteiger partial charge is 0.507 e. The van der Waals surface area contributed by atoms with Gasteiger partial charge in [-0.2, -0.15) is 0 Å². The van der Waals surface area contributed by atoms with Crippen LogP contribution in [0.5, 0.6) is 23.0 Å². The lowest BCUT2D eigenvalue weighted by Crippen LogP contribution is -2.21. The van der Waals surface area contributed by atoms with E-state index in [0.717, 1.165) is 6.08 Å². The van der Waals surface area contributed by atoms with Crippen molar-refractivity contribution in [1.29, 1.82) is 0 Å². The van der Waals surface area contributed by atoms with Crippen molar-refractivity contribution in [3.05, 3.63) is 17.2 Å². The second-order valence-electron chi connectivity index (χ2n) is 4.11. The molecule has 0 aliphatic heterocycles. The Morgan fingerprint density at radius 2 is 1.19 bits per heavy atom. The molecule has 7 heteroatoms. The Balaban J connectivity index is 3.00. The number of fused-ring (bicyclic) bond motifs is 1. The van der Waals surface area contributed by atoms with Crippen molar-refractivity contribution in [3.8, 4) is 23.0 Å². The van der Waals surface area contributed by atoms with E-state index < -0.39 is 17.3 Å². The molecule has 0 atom stereocenters. The van der Waals surface area contributed by atoms with Gasteiger partial charge in [-0.25, -0.2) is 0 Å². The SMILES string of the molecule is COc1c(OC)c(OC)c2c(c1OC)C(=O)C(=O)C=C2O. The predicted octanol–water partition coefficient (Wildman–Crippen LogP) is 1.39. The van der Waals surface area contributed by atoms with E-state index in [1.165, 1.54) is 28.4 Å². The van der Waals surface area contributed by atoms with Crippen LogP contribution in [0.25, 0.3) is 5.76 Å². The van der Waals surface area contributed by atoms with Gasteiger partial charge in [0.15, 0.2) is 11.5 Å². The fraction of sp³-hybridized carbons (Fsp3) is 0.286. The number of hydrogen-bond donors (Lipinski definition) is 1. The van der Waals surface area contributed by atoms with Crippen molar-refractivity contribution in [3.63, 3.8) is 0 Å². The summed E-state index contributed by atoms with van der Waals surface area (Å²) in [5, 5.41) is 10.0. The number of aliphatic hydroxyl groups is 1. The average molecular weight is 294 g/mol. The Bertz CT molecular complexity index is 658. The number of allylic oxidation sites excluding steroid dienone is 1. The molecule has 0 amide bonds. The summed E-state index contributed by atoms with van der Waals surface area (Å²) in [5.74, 6) is -1.73. The van der Waals surface area contributed by atoms with Gasteiger partial charge in [0.1, 0.15) is 5.76 Å². The molecule has 0 spiro atoms. The quantitative estimate of drug-likeness (QED) is 0.839. The van der Waals surface area contributed by atoms with Crippen molar-refractivity contribution >= 4 is 17.3 Å². The van der Waals surface area contributed by atoms with Crippen LogP contribution in [0.15, 0.2) is 6.08 Å². The van der Waals surface area contributed by atoms with E-state index in [2.05, 4.69) is 0 Å². The summed E-state index contributed by atoms with van der Waals surface area (Å²) in [6.07, 6.45) is 0.832. The van der Waals surface area contributed by atoms with Gasteiger partial charge in [0.05, 0.1) is 39.6 Å². The van der Waals surface area contributed by atoms with Crippen LogP contribution in [0.4, 0.5) is 0 Å². The first-order valence-electron chi connectivity index (χ1n) is 5.91. The zero-order valence-corrected chi connectivity index (χ0v) is 12.0. The molecule has 1 aliphatic rings. The zero-order valence-electron chi connectivity index (χ0n) is 12.0. The van der Waals surface area contributed by atoms with Gasteiger partial charge in [-0.15, -0.1) is 0 Å². The van der Waals surface area contributed by atoms with Crippen molar-refractivity contribution in [2.24, 2.45) is 0 Å². The summed E-state index contributed by atoms with van der Waals surface area (Å²) in [6, 6.07) is 0. The lowest BCUT2D eigenvalue weighted by Gasteiger charge is -2.23. The molecule has 0 saturated heterocycles. The van der Waals surface area contributed by atoms with Gasteiger partial charge in [-0.3, -0.25) is 9.59 Å². The molecular formula is C14H14O7. The Hall–Kier alpha value is -2.70. The molecule has 1 aliphatic carbocycles. The molecule has 2 rings (SSSR count). The number of aliphatic hydroxyl groups excluding tert-OH is 1. The number of rotatable bonds is 4. The Kier molecular flexibility index (Phi) is 3.75. The maximum absolute atomic E-state index is 12.1. The van der Waals surface area contributed by atoms with Gasteiger partial charge in [-0.1, -0.05) is 0 Å². The van der Waals surface area contributed by atoms with Crippen LogP contribution in [0.1, 0.15) is 15.9 Å². The van der Waals surface area contributed by atoms with Gasteiger partial charge in [-0.05, 0) is 0 Å². The topological polar surface area (TPSA) is 91.3 Å². The number of ketones is 2. The van der Waals surface area contributed by atoms with E-state index in [1.807, 2.05) is 0 Å². The van der Waals surface area contributed by atoms with Gasteiger partial charge in [0.25, 0.3) is 0 Å². The highest BCUT2D eigenvalue weighted by Gasteiger charge is 2.37. The fourth-order valence-corrected chi connectivity index (χ4v) is 2.27. The molecule has 0 heterocycles. The number of Topliss-reactive ketones (excluding diaryl/α,β-unsaturated/α-hetero) is 1. The van der Waals surface area contributed by atoms with Crippen LogP contribution in [-0.4, -0.2) is 45.1 Å².